The van der Waals surface area contributed by atoms with Gasteiger partial charge in [-0.15, -0.1) is 0 Å². The van der Waals surface area contributed by atoms with E-state index in [1.54, 1.807) is 12.1 Å². The Morgan fingerprint density at radius 1 is 0.875 bits per heavy atom. The lowest BCUT2D eigenvalue weighted by Gasteiger charge is -2.32. The smallest absolute Gasteiger partial charge is 0.253 e. The molecule has 1 saturated heterocycles. The second kappa shape index (κ2) is 8.83. The van der Waals surface area contributed by atoms with Gasteiger partial charge in [0.25, 0.3) is 5.91 Å². The van der Waals surface area contributed by atoms with E-state index in [1.807, 2.05) is 11.0 Å². The van der Waals surface area contributed by atoms with Crippen LogP contribution in [-0.4, -0.2) is 41.9 Å². The van der Waals surface area contributed by atoms with Crippen LogP contribution in [0.1, 0.15) is 33.0 Å². The summed E-state index contributed by atoms with van der Waals surface area (Å²) >= 11 is 0. The van der Waals surface area contributed by atoms with E-state index in [2.05, 4.69) is 29.2 Å². The van der Waals surface area contributed by atoms with E-state index in [0.29, 0.717) is 18.7 Å². The number of nitrogens with zero attached hydrogens (tertiary/aromatic N) is 2. The zero-order chi connectivity index (χ0) is 22.1. The van der Waals surface area contributed by atoms with Crippen molar-refractivity contribution in [3.63, 3.8) is 0 Å². The van der Waals surface area contributed by atoms with Gasteiger partial charge in [-0.25, -0.2) is 8.78 Å². The number of amides is 1. The monoisotopic (exact) mass is 432 g/mol. The molecule has 0 aromatic heterocycles. The highest BCUT2D eigenvalue weighted by Crippen LogP contribution is 2.35. The molecular formula is C27H26F2N2O. The lowest BCUT2D eigenvalue weighted by atomic mass is 9.88. The Hall–Kier alpha value is -3.05. The second-order valence-corrected chi connectivity index (χ2v) is 8.89. The molecule has 0 N–H and O–H groups in total. The topological polar surface area (TPSA) is 23.6 Å². The van der Waals surface area contributed by atoms with Crippen LogP contribution in [0.2, 0.25) is 0 Å². The van der Waals surface area contributed by atoms with Crippen LogP contribution in [0.3, 0.4) is 0 Å². The molecule has 0 aliphatic carbocycles. The predicted molar refractivity (Wildman–Crippen MR) is 120 cm³/mol. The third-order valence-corrected chi connectivity index (χ3v) is 6.80. The normalized spacial score (nSPS) is 20.9. The first-order valence-electron chi connectivity index (χ1n) is 11.2. The fraction of sp³-hybridized carbons (Fsp3) is 0.296. The van der Waals surface area contributed by atoms with E-state index in [-0.39, 0.29) is 29.4 Å². The lowest BCUT2D eigenvalue weighted by Crippen LogP contribution is -2.37. The van der Waals surface area contributed by atoms with Crippen molar-refractivity contribution in [3.05, 3.63) is 107 Å². The van der Waals surface area contributed by atoms with Crippen molar-refractivity contribution in [2.45, 2.75) is 18.9 Å². The molecule has 164 valence electrons. The fourth-order valence-electron chi connectivity index (χ4n) is 5.15. The third-order valence-electron chi connectivity index (χ3n) is 6.80. The largest absolute Gasteiger partial charge is 0.338 e. The SMILES string of the molecule is O=C(c1ccc(F)cc1)N1C[C@@H](CN2CCc3ccccc3C2)[C@@H](c2cccc(F)c2)C1. The van der Waals surface area contributed by atoms with Gasteiger partial charge in [-0.3, -0.25) is 9.69 Å². The number of hydrogen-bond donors (Lipinski definition) is 0. The second-order valence-electron chi connectivity index (χ2n) is 8.89. The van der Waals surface area contributed by atoms with Crippen LogP contribution in [-0.2, 0) is 13.0 Å². The van der Waals surface area contributed by atoms with Gasteiger partial charge in [0, 0.05) is 44.2 Å². The van der Waals surface area contributed by atoms with Crippen molar-refractivity contribution in [1.82, 2.24) is 9.80 Å². The van der Waals surface area contributed by atoms with Crippen LogP contribution in [0, 0.1) is 17.6 Å². The maximum absolute atomic E-state index is 14.0. The summed E-state index contributed by atoms with van der Waals surface area (Å²) in [5.74, 6) is -0.447. The zero-order valence-electron chi connectivity index (χ0n) is 17.9. The molecule has 3 aromatic rings. The van der Waals surface area contributed by atoms with Crippen molar-refractivity contribution in [2.75, 3.05) is 26.2 Å². The molecule has 3 aromatic carbocycles. The van der Waals surface area contributed by atoms with E-state index < -0.39 is 0 Å². The van der Waals surface area contributed by atoms with Gasteiger partial charge in [-0.05, 0) is 65.4 Å². The van der Waals surface area contributed by atoms with Crippen LogP contribution < -0.4 is 0 Å². The number of likely N-dealkylation sites (tertiary alicyclic amines) is 1. The Morgan fingerprint density at radius 2 is 1.66 bits per heavy atom. The quantitative estimate of drug-likeness (QED) is 0.587. The predicted octanol–water partition coefficient (Wildman–Crippen LogP) is 4.88. The molecule has 2 atom stereocenters. The van der Waals surface area contributed by atoms with Gasteiger partial charge in [-0.2, -0.15) is 0 Å². The number of hydrogen-bond acceptors (Lipinski definition) is 2. The molecule has 2 aliphatic heterocycles. The van der Waals surface area contributed by atoms with Crippen molar-refractivity contribution < 1.29 is 13.6 Å². The minimum atomic E-state index is -0.358. The number of halogens is 2. The zero-order valence-corrected chi connectivity index (χ0v) is 17.9. The Morgan fingerprint density at radius 3 is 2.44 bits per heavy atom. The maximum atomic E-state index is 14.0. The molecule has 0 spiro atoms. The number of rotatable bonds is 4. The molecular weight excluding hydrogens is 406 g/mol. The molecule has 2 heterocycles. The van der Waals surface area contributed by atoms with Crippen LogP contribution >= 0.6 is 0 Å². The Bertz CT molecular complexity index is 1110. The molecule has 0 radical (unpaired) electrons. The van der Waals surface area contributed by atoms with Crippen molar-refractivity contribution in [3.8, 4) is 0 Å². The lowest BCUT2D eigenvalue weighted by molar-refractivity contribution is 0.0782. The maximum Gasteiger partial charge on any atom is 0.253 e. The average molecular weight is 433 g/mol. The first-order valence-corrected chi connectivity index (χ1v) is 11.2. The highest BCUT2D eigenvalue weighted by molar-refractivity contribution is 5.94. The summed E-state index contributed by atoms with van der Waals surface area (Å²) in [6, 6.07) is 21.0. The summed E-state index contributed by atoms with van der Waals surface area (Å²) in [7, 11) is 0. The summed E-state index contributed by atoms with van der Waals surface area (Å²) in [5.41, 5.74) is 4.18. The summed E-state index contributed by atoms with van der Waals surface area (Å²) in [6.45, 7) is 3.87. The molecule has 2 aliphatic rings. The van der Waals surface area contributed by atoms with Crippen molar-refractivity contribution >= 4 is 5.91 Å². The van der Waals surface area contributed by atoms with E-state index >= 15 is 0 Å². The van der Waals surface area contributed by atoms with Gasteiger partial charge in [0.2, 0.25) is 0 Å². The first-order chi connectivity index (χ1) is 15.6. The van der Waals surface area contributed by atoms with E-state index in [1.165, 1.54) is 41.5 Å². The minimum Gasteiger partial charge on any atom is -0.338 e. The minimum absolute atomic E-state index is 0.0623. The summed E-state index contributed by atoms with van der Waals surface area (Å²) < 4.78 is 27.3. The molecule has 0 saturated carbocycles. The standard InChI is InChI=1S/C27H26F2N2O/c28-24-10-8-20(9-11-24)27(32)31-17-23(26(18-31)21-6-3-7-25(29)14-21)16-30-13-12-19-4-1-2-5-22(19)15-30/h1-11,14,23,26H,12-13,15-18H2/t23-,26-/m1/s1. The van der Waals surface area contributed by atoms with Crippen molar-refractivity contribution in [1.29, 1.82) is 0 Å². The van der Waals surface area contributed by atoms with Gasteiger partial charge in [0.1, 0.15) is 11.6 Å². The van der Waals surface area contributed by atoms with Gasteiger partial charge >= 0.3 is 0 Å². The molecule has 1 fully saturated rings. The third kappa shape index (κ3) is 4.30. The van der Waals surface area contributed by atoms with Gasteiger partial charge < -0.3 is 4.90 Å². The molecule has 0 unspecified atom stereocenters. The number of fused-ring (bicyclic) bond motifs is 1. The number of carbonyl (C=O) groups excluding carboxylic acids is 1. The van der Waals surface area contributed by atoms with E-state index in [0.717, 1.165) is 31.6 Å². The molecule has 5 rings (SSSR count). The van der Waals surface area contributed by atoms with Gasteiger partial charge in [0.05, 0.1) is 0 Å². The summed E-state index contributed by atoms with van der Waals surface area (Å²) in [4.78, 5) is 17.4. The van der Waals surface area contributed by atoms with Crippen LogP contribution in [0.5, 0.6) is 0 Å². The Labute approximate surface area is 187 Å². The molecule has 1 amide bonds. The average Bonchev–Trinajstić information content (AvgIpc) is 3.23. The van der Waals surface area contributed by atoms with Gasteiger partial charge in [0.15, 0.2) is 0 Å². The van der Waals surface area contributed by atoms with E-state index in [9.17, 15) is 13.6 Å². The van der Waals surface area contributed by atoms with Crippen LogP contribution in [0.25, 0.3) is 0 Å². The molecule has 3 nitrogen and oxygen atoms in total. The molecule has 0 bridgehead atoms. The molecule has 5 heteroatoms. The van der Waals surface area contributed by atoms with E-state index in [4.69, 9.17) is 0 Å². The molecule has 32 heavy (non-hydrogen) atoms. The number of carbonyl (C=O) groups is 1. The Balaban J connectivity index is 1.37. The highest BCUT2D eigenvalue weighted by atomic mass is 19.1. The fourth-order valence-corrected chi connectivity index (χ4v) is 5.15. The van der Waals surface area contributed by atoms with Crippen molar-refractivity contribution in [2.24, 2.45) is 5.92 Å². The first kappa shape index (κ1) is 20.8. The Kier molecular flexibility index (Phi) is 5.75. The van der Waals surface area contributed by atoms with Crippen LogP contribution in [0.15, 0.2) is 72.8 Å². The highest BCUT2D eigenvalue weighted by Gasteiger charge is 2.37. The summed E-state index contributed by atoms with van der Waals surface area (Å²) in [5, 5.41) is 0. The van der Waals surface area contributed by atoms with Gasteiger partial charge in [-0.1, -0.05) is 36.4 Å². The number of benzene rings is 3. The van der Waals surface area contributed by atoms with Crippen LogP contribution in [0.4, 0.5) is 8.78 Å². The summed E-state index contributed by atoms with van der Waals surface area (Å²) in [6.07, 6.45) is 1.02.